The van der Waals surface area contributed by atoms with Crippen LogP contribution in [0.25, 0.3) is 0 Å². The Kier molecular flexibility index (Phi) is 6.23. The monoisotopic (exact) mass is 230 g/mol. The summed E-state index contributed by atoms with van der Waals surface area (Å²) in [5, 5.41) is 1.75. The summed E-state index contributed by atoms with van der Waals surface area (Å²) in [4.78, 5) is 10.6. The van der Waals surface area contributed by atoms with Gasteiger partial charge in [0.2, 0.25) is 0 Å². The fourth-order valence-electron chi connectivity index (χ4n) is 0.865. The average molecular weight is 230 g/mol. The van der Waals surface area contributed by atoms with E-state index in [9.17, 15) is 22.4 Å². The number of carbonyl (C=O) groups excluding carboxylic acids is 1. The highest BCUT2D eigenvalue weighted by Gasteiger charge is 2.48. The van der Waals surface area contributed by atoms with Crippen molar-refractivity contribution in [3.8, 4) is 0 Å². The molecule has 0 unspecified atom stereocenters. The van der Waals surface area contributed by atoms with Crippen molar-refractivity contribution in [3.63, 3.8) is 0 Å². The van der Waals surface area contributed by atoms with Gasteiger partial charge < -0.3 is 11.1 Å². The molecule has 1 amide bonds. The predicted molar refractivity (Wildman–Crippen MR) is 46.9 cm³/mol. The number of rotatable bonds is 7. The van der Waals surface area contributed by atoms with Crippen molar-refractivity contribution in [2.24, 2.45) is 5.73 Å². The van der Waals surface area contributed by atoms with Gasteiger partial charge >= 0.3 is 12.3 Å². The first-order chi connectivity index (χ1) is 6.92. The summed E-state index contributed by atoms with van der Waals surface area (Å²) in [6, 6.07) is 0. The van der Waals surface area contributed by atoms with Crippen LogP contribution in [0.4, 0.5) is 17.6 Å². The molecule has 0 bridgehead atoms. The van der Waals surface area contributed by atoms with Gasteiger partial charge in [0.05, 0.1) is 0 Å². The largest absolute Gasteiger partial charge is 0.383 e. The number of nitrogens with two attached hydrogens (primary N) is 1. The zero-order valence-electron chi connectivity index (χ0n) is 8.11. The van der Waals surface area contributed by atoms with Gasteiger partial charge in [0.1, 0.15) is 0 Å². The van der Waals surface area contributed by atoms with Crippen LogP contribution < -0.4 is 11.1 Å². The molecule has 0 atom stereocenters. The summed E-state index contributed by atoms with van der Waals surface area (Å²) in [7, 11) is 0. The van der Waals surface area contributed by atoms with Gasteiger partial charge in [0.25, 0.3) is 5.91 Å². The number of hydrogen-bond acceptors (Lipinski definition) is 2. The minimum Gasteiger partial charge on any atom is -0.351 e. The number of nitrogens with one attached hydrogen (secondary N) is 1. The summed E-state index contributed by atoms with van der Waals surface area (Å²) < 4.78 is 48.0. The van der Waals surface area contributed by atoms with E-state index in [1.54, 1.807) is 5.32 Å². The van der Waals surface area contributed by atoms with Crippen molar-refractivity contribution in [2.45, 2.75) is 31.6 Å². The van der Waals surface area contributed by atoms with E-state index in [0.717, 1.165) is 0 Å². The molecule has 3 N–H and O–H groups in total. The Hall–Kier alpha value is -0.850. The van der Waals surface area contributed by atoms with Gasteiger partial charge in [-0.25, -0.2) is 8.78 Å². The zero-order valence-corrected chi connectivity index (χ0v) is 8.11. The third-order valence-electron chi connectivity index (χ3n) is 1.74. The van der Waals surface area contributed by atoms with Gasteiger partial charge in [-0.2, -0.15) is 8.78 Å². The number of halogens is 4. The minimum atomic E-state index is -4.60. The molecule has 0 saturated heterocycles. The van der Waals surface area contributed by atoms with Crippen molar-refractivity contribution >= 4 is 5.91 Å². The minimum absolute atomic E-state index is 0.0405. The molecule has 0 aromatic carbocycles. The van der Waals surface area contributed by atoms with Crippen molar-refractivity contribution < 1.29 is 22.4 Å². The van der Waals surface area contributed by atoms with Gasteiger partial charge in [-0.3, -0.25) is 4.79 Å². The van der Waals surface area contributed by atoms with Crippen LogP contribution in [0, 0.1) is 0 Å². The summed E-state index contributed by atoms with van der Waals surface area (Å²) in [6.45, 7) is 0.433. The summed E-state index contributed by atoms with van der Waals surface area (Å²) in [5.74, 6) is -6.53. The van der Waals surface area contributed by atoms with E-state index in [1.165, 1.54) is 0 Å². The highest BCUT2D eigenvalue weighted by molar-refractivity contribution is 5.83. The standard InChI is InChI=1S/C8H14F4N2O/c9-6(10)8(11,12)7(15)14-5-3-1-2-4-13/h6H,1-5,13H2,(H,14,15). The summed E-state index contributed by atoms with van der Waals surface area (Å²) in [5.41, 5.74) is 5.17. The Morgan fingerprint density at radius 2 is 1.87 bits per heavy atom. The molecule has 0 spiro atoms. The van der Waals surface area contributed by atoms with E-state index in [4.69, 9.17) is 5.73 Å². The molecule has 0 aliphatic carbocycles. The lowest BCUT2D eigenvalue weighted by Crippen LogP contribution is -2.45. The molecule has 0 aliphatic heterocycles. The van der Waals surface area contributed by atoms with E-state index >= 15 is 0 Å². The Bertz CT molecular complexity index is 199. The normalized spacial score (nSPS) is 11.9. The first-order valence-electron chi connectivity index (χ1n) is 4.57. The number of carbonyl (C=O) groups is 1. The molecule has 0 rings (SSSR count). The summed E-state index contributed by atoms with van der Waals surface area (Å²) in [6.07, 6.45) is -2.15. The number of alkyl halides is 4. The van der Waals surface area contributed by atoms with Gasteiger partial charge in [0.15, 0.2) is 0 Å². The van der Waals surface area contributed by atoms with Crippen LogP contribution in [0.15, 0.2) is 0 Å². The van der Waals surface area contributed by atoms with E-state index in [0.29, 0.717) is 25.8 Å². The van der Waals surface area contributed by atoms with Gasteiger partial charge in [-0.1, -0.05) is 6.42 Å². The second kappa shape index (κ2) is 6.60. The molecular weight excluding hydrogens is 216 g/mol. The molecule has 0 aromatic heterocycles. The van der Waals surface area contributed by atoms with E-state index in [1.807, 2.05) is 0 Å². The quantitative estimate of drug-likeness (QED) is 0.509. The molecule has 15 heavy (non-hydrogen) atoms. The molecule has 0 radical (unpaired) electrons. The van der Waals surface area contributed by atoms with Crippen LogP contribution in [0.5, 0.6) is 0 Å². The van der Waals surface area contributed by atoms with Crippen LogP contribution in [0.3, 0.4) is 0 Å². The fourth-order valence-corrected chi connectivity index (χ4v) is 0.865. The first-order valence-corrected chi connectivity index (χ1v) is 4.57. The van der Waals surface area contributed by atoms with Gasteiger partial charge in [0, 0.05) is 6.54 Å². The fraction of sp³-hybridized carbons (Fsp3) is 0.875. The lowest BCUT2D eigenvalue weighted by molar-refractivity contribution is -0.169. The Morgan fingerprint density at radius 3 is 2.33 bits per heavy atom. The number of hydrogen-bond donors (Lipinski definition) is 2. The average Bonchev–Trinajstić information content (AvgIpc) is 2.16. The maximum atomic E-state index is 12.3. The predicted octanol–water partition coefficient (Wildman–Crippen LogP) is 1.13. The Labute approximate surface area is 85.0 Å². The molecule has 0 fully saturated rings. The second-order valence-corrected chi connectivity index (χ2v) is 3.03. The SMILES string of the molecule is NCCCCCNC(=O)C(F)(F)C(F)F. The molecule has 0 aromatic rings. The van der Waals surface area contributed by atoms with Crippen molar-refractivity contribution in [1.29, 1.82) is 0 Å². The van der Waals surface area contributed by atoms with E-state index in [2.05, 4.69) is 0 Å². The van der Waals surface area contributed by atoms with Crippen LogP contribution in [0.2, 0.25) is 0 Å². The highest BCUT2D eigenvalue weighted by Crippen LogP contribution is 2.22. The third-order valence-corrected chi connectivity index (χ3v) is 1.74. The van der Waals surface area contributed by atoms with Crippen molar-refractivity contribution in [3.05, 3.63) is 0 Å². The van der Waals surface area contributed by atoms with Crippen molar-refractivity contribution in [1.82, 2.24) is 5.32 Å². The van der Waals surface area contributed by atoms with Crippen LogP contribution in [-0.2, 0) is 4.79 Å². The first kappa shape index (κ1) is 14.2. The number of unbranched alkanes of at least 4 members (excludes halogenated alkanes) is 2. The van der Waals surface area contributed by atoms with Crippen LogP contribution in [0.1, 0.15) is 19.3 Å². The Balaban J connectivity index is 3.74. The maximum Gasteiger partial charge on any atom is 0.383 e. The third kappa shape index (κ3) is 4.96. The lowest BCUT2D eigenvalue weighted by Gasteiger charge is -2.14. The van der Waals surface area contributed by atoms with Crippen LogP contribution >= 0.6 is 0 Å². The summed E-state index contributed by atoms with van der Waals surface area (Å²) >= 11 is 0. The molecule has 0 heterocycles. The molecule has 0 saturated carbocycles. The topological polar surface area (TPSA) is 55.1 Å². The molecule has 90 valence electrons. The van der Waals surface area contributed by atoms with E-state index in [-0.39, 0.29) is 6.54 Å². The lowest BCUT2D eigenvalue weighted by atomic mass is 10.2. The number of amides is 1. The zero-order chi connectivity index (χ0) is 11.9. The van der Waals surface area contributed by atoms with Crippen molar-refractivity contribution in [2.75, 3.05) is 13.1 Å². The van der Waals surface area contributed by atoms with E-state index < -0.39 is 18.3 Å². The highest BCUT2D eigenvalue weighted by atomic mass is 19.3. The maximum absolute atomic E-state index is 12.3. The van der Waals surface area contributed by atoms with Gasteiger partial charge in [-0.15, -0.1) is 0 Å². The molecule has 3 nitrogen and oxygen atoms in total. The molecule has 0 aliphatic rings. The van der Waals surface area contributed by atoms with Crippen LogP contribution in [-0.4, -0.2) is 31.3 Å². The second-order valence-electron chi connectivity index (χ2n) is 3.03. The smallest absolute Gasteiger partial charge is 0.351 e. The molecule has 7 heteroatoms. The Morgan fingerprint density at radius 1 is 1.27 bits per heavy atom. The van der Waals surface area contributed by atoms with Gasteiger partial charge in [-0.05, 0) is 19.4 Å². The molecular formula is C8H14F4N2O.